The summed E-state index contributed by atoms with van der Waals surface area (Å²) >= 11 is 0. The van der Waals surface area contributed by atoms with Gasteiger partial charge in [-0.3, -0.25) is 9.59 Å². The Morgan fingerprint density at radius 3 is 1.04 bits per heavy atom. The van der Waals surface area contributed by atoms with E-state index in [1.807, 2.05) is 21.1 Å². The number of carbonyl (C=O) groups excluding carboxylic acids is 3. The van der Waals surface area contributed by atoms with Crippen molar-refractivity contribution in [2.24, 2.45) is 0 Å². The van der Waals surface area contributed by atoms with Crippen molar-refractivity contribution in [3.63, 3.8) is 0 Å². The molecule has 0 N–H and O–H groups in total. The van der Waals surface area contributed by atoms with Crippen molar-refractivity contribution in [1.29, 1.82) is 0 Å². The van der Waals surface area contributed by atoms with Gasteiger partial charge >= 0.3 is 11.9 Å². The Morgan fingerprint density at radius 2 is 0.695 bits per heavy atom. The predicted octanol–water partition coefficient (Wildman–Crippen LogP) is 20.0. The number of allylic oxidation sites excluding steroid dienone is 12. The van der Waals surface area contributed by atoms with Gasteiger partial charge in [0.1, 0.15) is 13.2 Å². The van der Waals surface area contributed by atoms with Gasteiger partial charge in [0.25, 0.3) is 0 Å². The van der Waals surface area contributed by atoms with Crippen LogP contribution in [0.5, 0.6) is 0 Å². The number of carboxylic acid groups (broad SMARTS) is 1. The van der Waals surface area contributed by atoms with Crippen LogP contribution in [-0.4, -0.2) is 82.3 Å². The van der Waals surface area contributed by atoms with Gasteiger partial charge in [0, 0.05) is 12.8 Å². The number of hydrogen-bond donors (Lipinski definition) is 0. The second-order valence-corrected chi connectivity index (χ2v) is 24.4. The summed E-state index contributed by atoms with van der Waals surface area (Å²) in [6, 6.07) is 0. The monoisotopic (exact) mass is 1150 g/mol. The SMILES string of the molecule is CC/C=C\C/C=C\C/C=C\C/C=C\C/C=C\C/C=C\CCCCCCCCCCCCCCCCCCCCCCCCC(=O)OC(COC(=O)CCCCCCCCCCCCCCCCCC)COC(OCC[N+](C)(C)C)C(=O)[O-]. The van der Waals surface area contributed by atoms with E-state index in [1.54, 1.807) is 0 Å². The maximum Gasteiger partial charge on any atom is 0.306 e. The van der Waals surface area contributed by atoms with Gasteiger partial charge in [0.15, 0.2) is 12.4 Å². The second-order valence-electron chi connectivity index (χ2n) is 24.4. The molecule has 82 heavy (non-hydrogen) atoms. The Morgan fingerprint density at radius 1 is 0.378 bits per heavy atom. The first-order chi connectivity index (χ1) is 40.1. The second kappa shape index (κ2) is 63.7. The van der Waals surface area contributed by atoms with E-state index in [0.717, 1.165) is 70.6 Å². The van der Waals surface area contributed by atoms with Crippen LogP contribution in [-0.2, 0) is 33.3 Å². The lowest BCUT2D eigenvalue weighted by Gasteiger charge is -2.26. The number of nitrogens with zero attached hydrogens (tertiary/aromatic N) is 1. The average molecular weight is 1150 g/mol. The smallest absolute Gasteiger partial charge is 0.306 e. The van der Waals surface area contributed by atoms with Crippen LogP contribution in [0.1, 0.15) is 316 Å². The summed E-state index contributed by atoms with van der Waals surface area (Å²) in [5, 5.41) is 11.8. The van der Waals surface area contributed by atoms with Gasteiger partial charge in [-0.25, -0.2) is 0 Å². The molecule has 476 valence electrons. The number of quaternary nitrogens is 1. The average Bonchev–Trinajstić information content (AvgIpc) is 3.45. The van der Waals surface area contributed by atoms with E-state index in [2.05, 4.69) is 86.8 Å². The number of carboxylic acids is 1. The molecule has 0 spiro atoms. The fraction of sp³-hybridized carbons (Fsp3) is 0.795. The molecular formula is C73H131NO8. The minimum absolute atomic E-state index is 0.150. The van der Waals surface area contributed by atoms with E-state index in [4.69, 9.17) is 18.9 Å². The molecule has 0 saturated carbocycles. The normalized spacial score (nSPS) is 13.1. The molecule has 9 heteroatoms. The van der Waals surface area contributed by atoms with Crippen LogP contribution in [0, 0.1) is 0 Å². The fourth-order valence-corrected chi connectivity index (χ4v) is 9.96. The van der Waals surface area contributed by atoms with E-state index in [9.17, 15) is 19.5 Å². The van der Waals surface area contributed by atoms with E-state index in [0.29, 0.717) is 23.9 Å². The lowest BCUT2D eigenvalue weighted by Crippen LogP contribution is -2.44. The number of esters is 2. The standard InChI is InChI=1S/C73H131NO8/c1-6-8-10-12-14-16-18-20-22-24-25-26-27-28-29-30-31-32-33-34-35-36-37-38-39-40-41-42-43-44-45-46-47-48-50-52-54-56-58-60-62-64-71(76)82-69(68-81-73(72(77)78)79-66-65-74(3,4)5)67-80-70(75)63-61-59-57-55-53-51-49-23-21-19-17-15-13-11-9-7-2/h8,10,14,16,20,22,25-26,28-29,31-32,69,73H,6-7,9,11-13,15,17-19,21,23-24,27,30,33-68H2,1-5H3/b10-8-,16-14-,22-20-,26-25-,29-28-,32-31-. The van der Waals surface area contributed by atoms with Gasteiger partial charge < -0.3 is 33.3 Å². The van der Waals surface area contributed by atoms with Crippen LogP contribution in [0.25, 0.3) is 0 Å². The van der Waals surface area contributed by atoms with Crippen molar-refractivity contribution in [2.75, 3.05) is 47.5 Å². The molecule has 0 aliphatic heterocycles. The molecule has 0 aromatic carbocycles. The molecule has 0 aliphatic carbocycles. The van der Waals surface area contributed by atoms with Gasteiger partial charge in [-0.05, 0) is 64.2 Å². The predicted molar refractivity (Wildman–Crippen MR) is 348 cm³/mol. The number of hydrogen-bond acceptors (Lipinski definition) is 8. The minimum Gasteiger partial charge on any atom is -0.545 e. The Bertz CT molecular complexity index is 1570. The molecule has 0 aromatic heterocycles. The summed E-state index contributed by atoms with van der Waals surface area (Å²) in [5.41, 5.74) is 0. The summed E-state index contributed by atoms with van der Waals surface area (Å²) in [6.45, 7) is 4.68. The summed E-state index contributed by atoms with van der Waals surface area (Å²) in [4.78, 5) is 37.4. The molecule has 0 rings (SSSR count). The molecule has 0 fully saturated rings. The van der Waals surface area contributed by atoms with E-state index in [-0.39, 0.29) is 32.2 Å². The lowest BCUT2D eigenvalue weighted by atomic mass is 10.0. The van der Waals surface area contributed by atoms with Gasteiger partial charge in [-0.2, -0.15) is 0 Å². The molecule has 0 heterocycles. The van der Waals surface area contributed by atoms with Gasteiger partial charge in [-0.15, -0.1) is 0 Å². The Balaban J connectivity index is 3.96. The number of carbonyl (C=O) groups is 3. The van der Waals surface area contributed by atoms with Crippen molar-refractivity contribution < 1.29 is 42.9 Å². The maximum atomic E-state index is 12.9. The van der Waals surface area contributed by atoms with Crippen molar-refractivity contribution in [3.05, 3.63) is 72.9 Å². The lowest BCUT2D eigenvalue weighted by molar-refractivity contribution is -0.870. The van der Waals surface area contributed by atoms with Gasteiger partial charge in [0.05, 0.1) is 40.3 Å². The highest BCUT2D eigenvalue weighted by Crippen LogP contribution is 2.18. The third-order valence-electron chi connectivity index (χ3n) is 15.2. The maximum absolute atomic E-state index is 12.9. The highest BCUT2D eigenvalue weighted by molar-refractivity contribution is 5.70. The van der Waals surface area contributed by atoms with Crippen molar-refractivity contribution >= 4 is 17.9 Å². The third kappa shape index (κ3) is 64.3. The van der Waals surface area contributed by atoms with Gasteiger partial charge in [-0.1, -0.05) is 311 Å². The van der Waals surface area contributed by atoms with Crippen molar-refractivity contribution in [3.8, 4) is 0 Å². The van der Waals surface area contributed by atoms with Crippen molar-refractivity contribution in [1.82, 2.24) is 0 Å². The molecule has 2 atom stereocenters. The van der Waals surface area contributed by atoms with Crippen LogP contribution in [0.2, 0.25) is 0 Å². The van der Waals surface area contributed by atoms with E-state index < -0.39 is 24.3 Å². The molecule has 0 amide bonds. The molecule has 0 saturated heterocycles. The molecule has 0 radical (unpaired) electrons. The molecule has 0 aliphatic rings. The summed E-state index contributed by atoms with van der Waals surface area (Å²) in [6.07, 6.45) is 81.4. The first-order valence-electron chi connectivity index (χ1n) is 34.6. The summed E-state index contributed by atoms with van der Waals surface area (Å²) < 4.78 is 22.8. The zero-order valence-corrected chi connectivity index (χ0v) is 54.4. The number of aliphatic carboxylic acids is 1. The molecule has 9 nitrogen and oxygen atoms in total. The molecule has 0 aromatic rings. The minimum atomic E-state index is -1.62. The van der Waals surface area contributed by atoms with Crippen LogP contribution in [0.3, 0.4) is 0 Å². The zero-order valence-electron chi connectivity index (χ0n) is 54.4. The van der Waals surface area contributed by atoms with Crippen LogP contribution >= 0.6 is 0 Å². The topological polar surface area (TPSA) is 111 Å². The molecule has 2 unspecified atom stereocenters. The zero-order chi connectivity index (χ0) is 59.8. The first-order valence-corrected chi connectivity index (χ1v) is 34.6. The highest BCUT2D eigenvalue weighted by atomic mass is 16.7. The number of rotatable bonds is 64. The number of ether oxygens (including phenoxy) is 4. The molecule has 0 bridgehead atoms. The summed E-state index contributed by atoms with van der Waals surface area (Å²) in [7, 11) is 5.94. The number of likely N-dealkylation sites (N-methyl/N-ethyl adjacent to an activating group) is 1. The van der Waals surface area contributed by atoms with Gasteiger partial charge in [0.2, 0.25) is 0 Å². The number of unbranched alkanes of at least 4 members (excludes halogenated alkanes) is 37. The Hall–Kier alpha value is -3.27. The quantitative estimate of drug-likeness (QED) is 0.0195. The van der Waals surface area contributed by atoms with Crippen molar-refractivity contribution in [2.45, 2.75) is 328 Å². The van der Waals surface area contributed by atoms with E-state index in [1.165, 1.54) is 212 Å². The summed E-state index contributed by atoms with van der Waals surface area (Å²) in [5.74, 6) is -2.26. The van der Waals surface area contributed by atoms with Crippen LogP contribution < -0.4 is 5.11 Å². The Labute approximate surface area is 507 Å². The fourth-order valence-electron chi connectivity index (χ4n) is 9.96. The van der Waals surface area contributed by atoms with Crippen LogP contribution in [0.4, 0.5) is 0 Å². The highest BCUT2D eigenvalue weighted by Gasteiger charge is 2.22. The van der Waals surface area contributed by atoms with Crippen LogP contribution in [0.15, 0.2) is 72.9 Å². The molecular weight excluding hydrogens is 1020 g/mol. The third-order valence-corrected chi connectivity index (χ3v) is 15.2. The largest absolute Gasteiger partial charge is 0.545 e. The van der Waals surface area contributed by atoms with E-state index >= 15 is 0 Å². The first kappa shape index (κ1) is 78.7. The Kier molecular flexibility index (Phi) is 61.2.